The van der Waals surface area contributed by atoms with E-state index in [-0.39, 0.29) is 12.3 Å². The van der Waals surface area contributed by atoms with Gasteiger partial charge >= 0.3 is 6.85 Å². The summed E-state index contributed by atoms with van der Waals surface area (Å²) in [5, 5.41) is 2.47. The number of aryl methyl sites for hydroxylation is 1. The molecule has 4 nitrogen and oxygen atoms in total. The second-order valence-corrected chi connectivity index (χ2v) is 14.2. The smallest absolute Gasteiger partial charge is 0.333 e. The average molecular weight is 631 g/mol. The molecule has 0 N–H and O–H groups in total. The van der Waals surface area contributed by atoms with E-state index in [9.17, 15) is 0 Å². The Kier molecular flexibility index (Phi) is 5.17. The summed E-state index contributed by atoms with van der Waals surface area (Å²) >= 11 is 0. The Morgan fingerprint density at radius 3 is 2.04 bits per heavy atom. The van der Waals surface area contributed by atoms with Crippen LogP contribution in [0.3, 0.4) is 0 Å². The number of rotatable bonds is 1. The molecular formula is C44H31BN2O2. The highest BCUT2D eigenvalue weighted by Crippen LogP contribution is 2.57. The van der Waals surface area contributed by atoms with E-state index in [2.05, 4.69) is 140 Å². The van der Waals surface area contributed by atoms with Gasteiger partial charge in [0.05, 0.1) is 11.4 Å². The molecule has 232 valence electrons. The summed E-state index contributed by atoms with van der Waals surface area (Å²) in [4.78, 5) is 5.15. The summed E-state index contributed by atoms with van der Waals surface area (Å²) in [6.07, 6.45) is 0. The van der Waals surface area contributed by atoms with Gasteiger partial charge in [-0.3, -0.25) is 0 Å². The van der Waals surface area contributed by atoms with E-state index in [1.54, 1.807) is 0 Å². The largest absolute Gasteiger partial charge is 0.449 e. The van der Waals surface area contributed by atoms with E-state index in [0.29, 0.717) is 0 Å². The molecule has 7 aromatic carbocycles. The molecule has 7 aromatic rings. The molecule has 0 unspecified atom stereocenters. The number of nitrogens with zero attached hydrogens (tertiary/aromatic N) is 2. The van der Waals surface area contributed by atoms with Crippen LogP contribution < -0.4 is 30.1 Å². The summed E-state index contributed by atoms with van der Waals surface area (Å²) in [6, 6.07) is 48.3. The molecule has 0 bridgehead atoms. The van der Waals surface area contributed by atoms with Crippen LogP contribution in [-0.4, -0.2) is 6.85 Å². The minimum atomic E-state index is -0.179. The van der Waals surface area contributed by atoms with Crippen molar-refractivity contribution in [3.05, 3.63) is 150 Å². The van der Waals surface area contributed by atoms with Crippen LogP contribution >= 0.6 is 0 Å². The van der Waals surface area contributed by atoms with Gasteiger partial charge in [-0.05, 0) is 81.9 Å². The van der Waals surface area contributed by atoms with Gasteiger partial charge in [-0.1, -0.05) is 105 Å². The van der Waals surface area contributed by atoms with Crippen LogP contribution in [0.1, 0.15) is 30.5 Å². The van der Waals surface area contributed by atoms with Gasteiger partial charge in [0.2, 0.25) is 0 Å². The third-order valence-corrected chi connectivity index (χ3v) is 11.2. The van der Waals surface area contributed by atoms with E-state index in [1.165, 1.54) is 66.7 Å². The molecule has 49 heavy (non-hydrogen) atoms. The number of hydrogen-bond donors (Lipinski definition) is 0. The van der Waals surface area contributed by atoms with Gasteiger partial charge < -0.3 is 19.2 Å². The fraction of sp³-hybridized carbons (Fsp3) is 0.0909. The van der Waals surface area contributed by atoms with Gasteiger partial charge in [0.25, 0.3) is 0 Å². The third kappa shape index (κ3) is 3.44. The number of benzene rings is 7. The van der Waals surface area contributed by atoms with Crippen LogP contribution in [0.2, 0.25) is 0 Å². The lowest BCUT2D eigenvalue weighted by molar-refractivity contribution is 0.360. The Morgan fingerprint density at radius 2 is 1.22 bits per heavy atom. The zero-order valence-electron chi connectivity index (χ0n) is 27.5. The van der Waals surface area contributed by atoms with Crippen LogP contribution in [0.15, 0.2) is 133 Å². The summed E-state index contributed by atoms with van der Waals surface area (Å²) in [5.74, 6) is 2.91. The van der Waals surface area contributed by atoms with Crippen molar-refractivity contribution in [1.29, 1.82) is 0 Å². The summed E-state index contributed by atoms with van der Waals surface area (Å²) in [7, 11) is 0. The Morgan fingerprint density at radius 1 is 0.551 bits per heavy atom. The number of para-hydroxylation sites is 5. The zero-order valence-corrected chi connectivity index (χ0v) is 27.5. The number of anilines is 5. The molecule has 0 aromatic heterocycles. The van der Waals surface area contributed by atoms with Crippen LogP contribution in [0.4, 0.5) is 28.4 Å². The maximum absolute atomic E-state index is 6.56. The first-order chi connectivity index (χ1) is 24.0. The fourth-order valence-corrected chi connectivity index (χ4v) is 8.96. The molecule has 11 rings (SSSR count). The fourth-order valence-electron chi connectivity index (χ4n) is 8.96. The van der Waals surface area contributed by atoms with Crippen molar-refractivity contribution in [3.63, 3.8) is 0 Å². The first-order valence-corrected chi connectivity index (χ1v) is 17.1. The number of ether oxygens (including phenoxy) is 2. The first kappa shape index (κ1) is 27.1. The maximum atomic E-state index is 6.56. The lowest BCUT2D eigenvalue weighted by Gasteiger charge is -2.51. The van der Waals surface area contributed by atoms with E-state index < -0.39 is 0 Å². The normalized spacial score (nSPS) is 15.2. The quantitative estimate of drug-likeness (QED) is 0.169. The van der Waals surface area contributed by atoms with E-state index >= 15 is 0 Å². The molecule has 0 atom stereocenters. The topological polar surface area (TPSA) is 24.9 Å². The van der Waals surface area contributed by atoms with Gasteiger partial charge in [0, 0.05) is 39.5 Å². The third-order valence-electron chi connectivity index (χ3n) is 11.2. The van der Waals surface area contributed by atoms with Crippen molar-refractivity contribution < 1.29 is 9.47 Å². The standard InChI is InChI=1S/C44H31BN2O2/c1-26-13-4-8-19-34(26)47-36-25-40-39(48-37-21-10-11-22-38(37)49-40)24-29(36)30-23-27-14-5-6-15-28(27)42-41(30)45(47)33-18-12-17-32-43(33)46(42)35-20-9-7-16-31(35)44(32,2)3/h4-25H,1-3H3. The predicted octanol–water partition coefficient (Wildman–Crippen LogP) is 10.4. The molecule has 0 radical (unpaired) electrons. The van der Waals surface area contributed by atoms with Gasteiger partial charge in [-0.15, -0.1) is 0 Å². The molecule has 0 spiro atoms. The Balaban J connectivity index is 1.31. The van der Waals surface area contributed by atoms with E-state index in [4.69, 9.17) is 9.47 Å². The highest BCUT2D eigenvalue weighted by atomic mass is 16.6. The zero-order chi connectivity index (χ0) is 32.6. The van der Waals surface area contributed by atoms with Crippen LogP contribution in [0.25, 0.3) is 21.9 Å². The Hall–Kier alpha value is -5.94. The summed E-state index contributed by atoms with van der Waals surface area (Å²) in [6.45, 7) is 6.89. The second kappa shape index (κ2) is 9.36. The Labute approximate surface area is 285 Å². The average Bonchev–Trinajstić information content (AvgIpc) is 3.13. The number of fused-ring (bicyclic) bond motifs is 10. The molecule has 4 aliphatic rings. The molecule has 0 fully saturated rings. The van der Waals surface area contributed by atoms with Gasteiger partial charge in [-0.2, -0.15) is 0 Å². The molecule has 5 heteroatoms. The van der Waals surface area contributed by atoms with Gasteiger partial charge in [0.15, 0.2) is 23.0 Å². The lowest BCUT2D eigenvalue weighted by atomic mass is 9.42. The predicted molar refractivity (Wildman–Crippen MR) is 201 cm³/mol. The minimum absolute atomic E-state index is 0.0784. The van der Waals surface area contributed by atoms with Crippen molar-refractivity contribution in [2.24, 2.45) is 0 Å². The van der Waals surface area contributed by atoms with Crippen molar-refractivity contribution >= 4 is 57.0 Å². The van der Waals surface area contributed by atoms with Crippen molar-refractivity contribution in [1.82, 2.24) is 0 Å². The SMILES string of the molecule is Cc1ccccc1N1B2c3cccc4c3N(c3ccccc3C4(C)C)c3c2c(cc2ccccc32)-c2cc3c(cc21)Oc1ccccc1O3. The molecule has 4 aliphatic heterocycles. The van der Waals surface area contributed by atoms with Crippen molar-refractivity contribution in [3.8, 4) is 34.1 Å². The van der Waals surface area contributed by atoms with Crippen LogP contribution in [-0.2, 0) is 5.41 Å². The Bertz CT molecular complexity index is 2590. The van der Waals surface area contributed by atoms with Gasteiger partial charge in [-0.25, -0.2) is 0 Å². The molecule has 0 aliphatic carbocycles. The van der Waals surface area contributed by atoms with Crippen molar-refractivity contribution in [2.45, 2.75) is 26.2 Å². The monoisotopic (exact) mass is 630 g/mol. The molecule has 0 saturated heterocycles. The summed E-state index contributed by atoms with van der Waals surface area (Å²) < 4.78 is 13.1. The molecule has 4 heterocycles. The minimum Gasteiger partial charge on any atom is -0.449 e. The van der Waals surface area contributed by atoms with Crippen LogP contribution in [0.5, 0.6) is 23.0 Å². The van der Waals surface area contributed by atoms with E-state index in [1.807, 2.05) is 24.3 Å². The van der Waals surface area contributed by atoms with Gasteiger partial charge in [0.1, 0.15) is 0 Å². The number of hydrogen-bond acceptors (Lipinski definition) is 4. The lowest BCUT2D eigenvalue weighted by Crippen LogP contribution is -2.62. The first-order valence-electron chi connectivity index (χ1n) is 17.1. The highest BCUT2D eigenvalue weighted by Gasteiger charge is 2.50. The van der Waals surface area contributed by atoms with Crippen molar-refractivity contribution in [2.75, 3.05) is 9.71 Å². The highest BCUT2D eigenvalue weighted by molar-refractivity contribution is 6.94. The van der Waals surface area contributed by atoms with Crippen LogP contribution in [0, 0.1) is 6.92 Å². The molecular weight excluding hydrogens is 599 g/mol. The van der Waals surface area contributed by atoms with E-state index in [0.717, 1.165) is 34.2 Å². The molecule has 0 saturated carbocycles. The second-order valence-electron chi connectivity index (χ2n) is 14.2. The maximum Gasteiger partial charge on any atom is 0.333 e. The summed E-state index contributed by atoms with van der Waals surface area (Å²) in [5.41, 5.74) is 14.8. The molecule has 0 amide bonds.